The van der Waals surface area contributed by atoms with Gasteiger partial charge in [0.2, 0.25) is 0 Å². The molecule has 3 aromatic carbocycles. The lowest BCUT2D eigenvalue weighted by molar-refractivity contribution is 0.627. The lowest BCUT2D eigenvalue weighted by Gasteiger charge is -2.13. The highest BCUT2D eigenvalue weighted by Gasteiger charge is 2.05. The Bertz CT molecular complexity index is 916. The zero-order valence-electron chi connectivity index (χ0n) is 16.0. The summed E-state index contributed by atoms with van der Waals surface area (Å²) < 4.78 is 14.2. The maximum absolute atomic E-state index is 13.2. The molecule has 0 N–H and O–H groups in total. The molecule has 0 aliphatic heterocycles. The summed E-state index contributed by atoms with van der Waals surface area (Å²) in [5.41, 5.74) is 4.76. The quantitative estimate of drug-likeness (QED) is 0.371. The van der Waals surface area contributed by atoms with Crippen LogP contribution >= 0.6 is 27.7 Å². The zero-order chi connectivity index (χ0) is 19.9. The van der Waals surface area contributed by atoms with Crippen LogP contribution in [0.2, 0.25) is 0 Å². The number of rotatable bonds is 7. The molecule has 0 saturated heterocycles. The van der Waals surface area contributed by atoms with Gasteiger partial charge in [-0.2, -0.15) is 0 Å². The van der Waals surface area contributed by atoms with Crippen molar-refractivity contribution >= 4 is 39.5 Å². The lowest BCUT2D eigenvalue weighted by Crippen LogP contribution is -2.07. The van der Waals surface area contributed by atoms with Crippen LogP contribution in [0, 0.1) is 5.82 Å². The van der Waals surface area contributed by atoms with E-state index in [1.54, 1.807) is 11.8 Å². The second kappa shape index (κ2) is 9.94. The van der Waals surface area contributed by atoms with E-state index in [9.17, 15) is 4.39 Å². The van der Waals surface area contributed by atoms with Crippen LogP contribution in [0.3, 0.4) is 0 Å². The Morgan fingerprint density at radius 2 is 1.50 bits per heavy atom. The number of anilines is 1. The van der Waals surface area contributed by atoms with Crippen molar-refractivity contribution in [3.63, 3.8) is 0 Å². The van der Waals surface area contributed by atoms with Gasteiger partial charge in [0.05, 0.1) is 0 Å². The van der Waals surface area contributed by atoms with Crippen LogP contribution in [0.5, 0.6) is 0 Å². The van der Waals surface area contributed by atoms with E-state index in [-0.39, 0.29) is 5.82 Å². The van der Waals surface area contributed by atoms with Gasteiger partial charge in [-0.1, -0.05) is 52.3 Å². The van der Waals surface area contributed by atoms with Gasteiger partial charge in [-0.25, -0.2) is 4.39 Å². The predicted molar refractivity (Wildman–Crippen MR) is 124 cm³/mol. The number of allylic oxidation sites excluding steroid dienone is 1. The van der Waals surface area contributed by atoms with E-state index in [0.29, 0.717) is 0 Å². The molecule has 3 aromatic rings. The maximum Gasteiger partial charge on any atom is 0.123 e. The minimum atomic E-state index is -0.194. The van der Waals surface area contributed by atoms with Gasteiger partial charge in [0.25, 0.3) is 0 Å². The van der Waals surface area contributed by atoms with Crippen molar-refractivity contribution in [3.8, 4) is 0 Å². The fourth-order valence-corrected chi connectivity index (χ4v) is 4.06. The molecule has 144 valence electrons. The molecule has 1 nitrogen and oxygen atoms in total. The highest BCUT2D eigenvalue weighted by Crippen LogP contribution is 2.28. The highest BCUT2D eigenvalue weighted by atomic mass is 79.9. The first-order chi connectivity index (χ1) is 13.5. The molecule has 0 unspecified atom stereocenters. The van der Waals surface area contributed by atoms with E-state index in [0.717, 1.165) is 22.2 Å². The molecule has 0 bridgehead atoms. The second-order valence-electron chi connectivity index (χ2n) is 6.81. The summed E-state index contributed by atoms with van der Waals surface area (Å²) in [6, 6.07) is 23.7. The molecule has 0 aliphatic rings. The Balaban J connectivity index is 1.79. The minimum Gasteiger partial charge on any atom is -0.378 e. The molecule has 3 rings (SSSR count). The summed E-state index contributed by atoms with van der Waals surface area (Å²) in [7, 11) is 4.09. The molecular formula is C24H23BrFNS. The molecule has 0 fully saturated rings. The van der Waals surface area contributed by atoms with Crippen LogP contribution in [0.15, 0.2) is 82.2 Å². The molecule has 0 spiro atoms. The van der Waals surface area contributed by atoms with Crippen LogP contribution in [0.4, 0.5) is 10.1 Å². The van der Waals surface area contributed by atoms with E-state index in [1.807, 2.05) is 26.2 Å². The van der Waals surface area contributed by atoms with Gasteiger partial charge < -0.3 is 4.90 Å². The topological polar surface area (TPSA) is 3.24 Å². The second-order valence-corrected chi connectivity index (χ2v) is 8.83. The van der Waals surface area contributed by atoms with Gasteiger partial charge in [0, 0.05) is 36.4 Å². The van der Waals surface area contributed by atoms with Gasteiger partial charge in [0.15, 0.2) is 0 Å². The molecule has 0 aromatic heterocycles. The summed E-state index contributed by atoms with van der Waals surface area (Å²) >= 11 is 5.30. The number of thioether (sulfide) groups is 1. The van der Waals surface area contributed by atoms with Crippen molar-refractivity contribution in [2.75, 3.05) is 19.0 Å². The number of nitrogens with zero attached hydrogens (tertiary/aromatic N) is 1. The van der Waals surface area contributed by atoms with Crippen LogP contribution in [-0.2, 0) is 12.2 Å². The number of halogens is 2. The fourth-order valence-electron chi connectivity index (χ4n) is 2.76. The lowest BCUT2D eigenvalue weighted by atomic mass is 10.1. The third-order valence-electron chi connectivity index (χ3n) is 4.37. The summed E-state index contributed by atoms with van der Waals surface area (Å²) in [5.74, 6) is 0.624. The minimum absolute atomic E-state index is 0.194. The van der Waals surface area contributed by atoms with Crippen LogP contribution in [0.25, 0.3) is 6.08 Å². The normalized spacial score (nSPS) is 11.5. The Hall–Kier alpha value is -2.04. The van der Waals surface area contributed by atoms with Crippen molar-refractivity contribution in [3.05, 3.63) is 105 Å². The maximum atomic E-state index is 13.2. The van der Waals surface area contributed by atoms with E-state index < -0.39 is 0 Å². The van der Waals surface area contributed by atoms with Crippen molar-refractivity contribution < 1.29 is 4.39 Å². The standard InChI is InChI=1S/C24H23BrFNS/c1-27(2)23-13-7-19(8-14-23)16-24(15-18-3-9-21(25)10-4-18)28-17-20-5-11-22(26)12-6-20/h3-14,16H,15,17H2,1-2H3/b24-16+. The fraction of sp³-hybridized carbons (Fsp3) is 0.167. The highest BCUT2D eigenvalue weighted by molar-refractivity contribution is 9.10. The summed E-state index contributed by atoms with van der Waals surface area (Å²) in [5, 5.41) is 0. The van der Waals surface area contributed by atoms with Crippen molar-refractivity contribution in [2.24, 2.45) is 0 Å². The number of hydrogen-bond acceptors (Lipinski definition) is 2. The van der Waals surface area contributed by atoms with E-state index in [4.69, 9.17) is 0 Å². The van der Waals surface area contributed by atoms with Crippen LogP contribution < -0.4 is 4.90 Å². The van der Waals surface area contributed by atoms with Crippen LogP contribution in [0.1, 0.15) is 16.7 Å². The van der Waals surface area contributed by atoms with Gasteiger partial charge in [-0.05, 0) is 64.1 Å². The number of hydrogen-bond donors (Lipinski definition) is 0. The molecular weight excluding hydrogens is 433 g/mol. The Morgan fingerprint density at radius 1 is 0.893 bits per heavy atom. The Labute approximate surface area is 179 Å². The smallest absolute Gasteiger partial charge is 0.123 e. The molecule has 28 heavy (non-hydrogen) atoms. The average Bonchev–Trinajstić information content (AvgIpc) is 2.69. The molecule has 0 atom stereocenters. The molecule has 0 saturated carbocycles. The summed E-state index contributed by atoms with van der Waals surface area (Å²) in [6.45, 7) is 0. The zero-order valence-corrected chi connectivity index (χ0v) is 18.4. The first kappa shape index (κ1) is 20.7. The first-order valence-electron chi connectivity index (χ1n) is 9.09. The monoisotopic (exact) mass is 455 g/mol. The van der Waals surface area contributed by atoms with E-state index in [1.165, 1.54) is 33.9 Å². The SMILES string of the molecule is CN(C)c1ccc(/C=C(\Cc2ccc(Br)cc2)SCc2ccc(F)cc2)cc1. The van der Waals surface area contributed by atoms with E-state index >= 15 is 0 Å². The van der Waals surface area contributed by atoms with Crippen molar-refractivity contribution in [1.82, 2.24) is 0 Å². The summed E-state index contributed by atoms with van der Waals surface area (Å²) in [6.07, 6.45) is 3.12. The first-order valence-corrected chi connectivity index (χ1v) is 10.9. The largest absolute Gasteiger partial charge is 0.378 e. The van der Waals surface area contributed by atoms with Crippen molar-refractivity contribution in [1.29, 1.82) is 0 Å². The molecule has 0 heterocycles. The van der Waals surface area contributed by atoms with Gasteiger partial charge in [-0.15, -0.1) is 11.8 Å². The Kier molecular flexibility index (Phi) is 7.35. The molecule has 0 radical (unpaired) electrons. The van der Waals surface area contributed by atoms with E-state index in [2.05, 4.69) is 75.4 Å². The Morgan fingerprint density at radius 3 is 2.11 bits per heavy atom. The summed E-state index contributed by atoms with van der Waals surface area (Å²) in [4.78, 5) is 3.38. The molecule has 4 heteroatoms. The van der Waals surface area contributed by atoms with Gasteiger partial charge >= 0.3 is 0 Å². The van der Waals surface area contributed by atoms with Gasteiger partial charge in [-0.3, -0.25) is 0 Å². The third-order valence-corrected chi connectivity index (χ3v) is 6.01. The number of benzene rings is 3. The van der Waals surface area contributed by atoms with Crippen molar-refractivity contribution in [2.45, 2.75) is 12.2 Å². The van der Waals surface area contributed by atoms with Crippen LogP contribution in [-0.4, -0.2) is 14.1 Å². The molecule has 0 amide bonds. The third kappa shape index (κ3) is 6.25. The predicted octanol–water partition coefficient (Wildman–Crippen LogP) is 7.17. The average molecular weight is 456 g/mol. The van der Waals surface area contributed by atoms with Gasteiger partial charge in [0.1, 0.15) is 5.82 Å². The molecule has 0 aliphatic carbocycles.